The van der Waals surface area contributed by atoms with Crippen LogP contribution in [-0.2, 0) is 6.18 Å². The summed E-state index contributed by atoms with van der Waals surface area (Å²) in [7, 11) is 0. The molecule has 1 aromatic rings. The van der Waals surface area contributed by atoms with Gasteiger partial charge in [-0.2, -0.15) is 18.4 Å². The molecule has 2 rings (SSSR count). The molecule has 0 unspecified atom stereocenters. The Balaban J connectivity index is 2.26. The number of nitriles is 1. The number of halogens is 3. The highest BCUT2D eigenvalue weighted by molar-refractivity contribution is 5.69. The highest BCUT2D eigenvalue weighted by Gasteiger charge is 2.33. The third kappa shape index (κ3) is 3.11. The van der Waals surface area contributed by atoms with Gasteiger partial charge in [-0.1, -0.05) is 0 Å². The fourth-order valence-electron chi connectivity index (χ4n) is 2.05. The SMILES string of the molecule is N#CCCN(c1ccc(C(F)(F)F)cc1N)C1CC1. The molecule has 102 valence electrons. The second-order valence-corrected chi connectivity index (χ2v) is 4.60. The zero-order valence-electron chi connectivity index (χ0n) is 10.2. The van der Waals surface area contributed by atoms with Crippen molar-refractivity contribution in [1.82, 2.24) is 0 Å². The molecule has 19 heavy (non-hydrogen) atoms. The van der Waals surface area contributed by atoms with E-state index in [1.54, 1.807) is 0 Å². The van der Waals surface area contributed by atoms with E-state index < -0.39 is 11.7 Å². The van der Waals surface area contributed by atoms with Gasteiger partial charge in [-0.3, -0.25) is 0 Å². The average molecular weight is 269 g/mol. The molecule has 0 radical (unpaired) electrons. The predicted octanol–water partition coefficient (Wildman–Crippen LogP) is 3.17. The van der Waals surface area contributed by atoms with Crippen LogP contribution in [0.4, 0.5) is 24.5 Å². The normalized spacial score (nSPS) is 15.1. The Morgan fingerprint density at radius 1 is 1.37 bits per heavy atom. The standard InChI is InChI=1S/C13H14F3N3/c14-13(15,16)9-2-5-12(11(18)8-9)19(7-1-6-17)10-3-4-10/h2,5,8,10H,1,3-4,7,18H2. The lowest BCUT2D eigenvalue weighted by Gasteiger charge is -2.25. The van der Waals surface area contributed by atoms with Crippen LogP contribution in [0, 0.1) is 11.3 Å². The van der Waals surface area contributed by atoms with Gasteiger partial charge in [0.2, 0.25) is 0 Å². The molecule has 0 spiro atoms. The fraction of sp³-hybridized carbons (Fsp3) is 0.462. The largest absolute Gasteiger partial charge is 0.416 e. The Labute approximate surface area is 109 Å². The molecular weight excluding hydrogens is 255 g/mol. The first kappa shape index (κ1) is 13.5. The molecule has 3 nitrogen and oxygen atoms in total. The van der Waals surface area contributed by atoms with Gasteiger partial charge in [0.15, 0.2) is 0 Å². The maximum atomic E-state index is 12.6. The van der Waals surface area contributed by atoms with E-state index in [1.807, 2.05) is 11.0 Å². The lowest BCUT2D eigenvalue weighted by atomic mass is 10.1. The molecule has 0 atom stereocenters. The molecule has 6 heteroatoms. The number of rotatable bonds is 4. The summed E-state index contributed by atoms with van der Waals surface area (Å²) in [6.45, 7) is 0.497. The van der Waals surface area contributed by atoms with Crippen molar-refractivity contribution in [2.75, 3.05) is 17.2 Å². The van der Waals surface area contributed by atoms with Crippen LogP contribution in [0.5, 0.6) is 0 Å². The number of hydrogen-bond donors (Lipinski definition) is 1. The molecular formula is C13H14F3N3. The minimum Gasteiger partial charge on any atom is -0.397 e. The van der Waals surface area contributed by atoms with E-state index in [9.17, 15) is 13.2 Å². The van der Waals surface area contributed by atoms with Crippen molar-refractivity contribution in [1.29, 1.82) is 5.26 Å². The number of anilines is 2. The van der Waals surface area contributed by atoms with Crippen LogP contribution in [0.1, 0.15) is 24.8 Å². The van der Waals surface area contributed by atoms with E-state index in [0.717, 1.165) is 25.0 Å². The summed E-state index contributed by atoms with van der Waals surface area (Å²) in [5, 5.41) is 8.63. The predicted molar refractivity (Wildman–Crippen MR) is 66.5 cm³/mol. The number of nitrogens with zero attached hydrogens (tertiary/aromatic N) is 2. The number of nitrogen functional groups attached to an aromatic ring is 1. The molecule has 0 bridgehead atoms. The molecule has 0 aliphatic heterocycles. The Morgan fingerprint density at radius 2 is 2.05 bits per heavy atom. The van der Waals surface area contributed by atoms with Gasteiger partial charge in [0.1, 0.15) is 0 Å². The van der Waals surface area contributed by atoms with Gasteiger partial charge in [0, 0.05) is 12.6 Å². The van der Waals surface area contributed by atoms with Gasteiger partial charge in [-0.15, -0.1) is 0 Å². The molecule has 0 amide bonds. The lowest BCUT2D eigenvalue weighted by molar-refractivity contribution is -0.137. The van der Waals surface area contributed by atoms with Gasteiger partial charge in [-0.05, 0) is 31.0 Å². The molecule has 0 heterocycles. The monoisotopic (exact) mass is 269 g/mol. The van der Waals surface area contributed by atoms with Crippen LogP contribution in [0.2, 0.25) is 0 Å². The first-order valence-electron chi connectivity index (χ1n) is 6.04. The van der Waals surface area contributed by atoms with Gasteiger partial charge in [0.25, 0.3) is 0 Å². The summed E-state index contributed by atoms with van der Waals surface area (Å²) in [4.78, 5) is 1.93. The fourth-order valence-corrected chi connectivity index (χ4v) is 2.05. The lowest BCUT2D eigenvalue weighted by Crippen LogP contribution is -2.27. The van der Waals surface area contributed by atoms with E-state index in [-0.39, 0.29) is 5.69 Å². The minimum atomic E-state index is -4.39. The summed E-state index contributed by atoms with van der Waals surface area (Å²) >= 11 is 0. The topological polar surface area (TPSA) is 53.0 Å². The van der Waals surface area contributed by atoms with Crippen molar-refractivity contribution in [3.05, 3.63) is 23.8 Å². The maximum absolute atomic E-state index is 12.6. The van der Waals surface area contributed by atoms with Crippen LogP contribution in [0.3, 0.4) is 0 Å². The molecule has 0 aromatic heterocycles. The summed E-state index contributed by atoms with van der Waals surface area (Å²) < 4.78 is 37.7. The highest BCUT2D eigenvalue weighted by Crippen LogP contribution is 2.38. The van der Waals surface area contributed by atoms with Gasteiger partial charge < -0.3 is 10.6 Å². The van der Waals surface area contributed by atoms with E-state index in [1.165, 1.54) is 6.07 Å². The molecule has 1 aromatic carbocycles. The minimum absolute atomic E-state index is 0.111. The Morgan fingerprint density at radius 3 is 2.53 bits per heavy atom. The van der Waals surface area contributed by atoms with Gasteiger partial charge in [0.05, 0.1) is 29.4 Å². The van der Waals surface area contributed by atoms with Crippen molar-refractivity contribution >= 4 is 11.4 Å². The Hall–Kier alpha value is -1.90. The van der Waals surface area contributed by atoms with Crippen LogP contribution in [-0.4, -0.2) is 12.6 Å². The van der Waals surface area contributed by atoms with E-state index in [4.69, 9.17) is 11.0 Å². The van der Waals surface area contributed by atoms with Crippen molar-refractivity contribution in [3.8, 4) is 6.07 Å². The van der Waals surface area contributed by atoms with Crippen LogP contribution in [0.15, 0.2) is 18.2 Å². The quantitative estimate of drug-likeness (QED) is 0.854. The summed E-state index contributed by atoms with van der Waals surface area (Å²) in [6, 6.07) is 5.73. The number of nitrogens with two attached hydrogens (primary N) is 1. The zero-order chi connectivity index (χ0) is 14.0. The van der Waals surface area contributed by atoms with Crippen molar-refractivity contribution in [3.63, 3.8) is 0 Å². The smallest absolute Gasteiger partial charge is 0.397 e. The van der Waals surface area contributed by atoms with E-state index >= 15 is 0 Å². The van der Waals surface area contributed by atoms with Crippen molar-refractivity contribution in [2.45, 2.75) is 31.5 Å². The van der Waals surface area contributed by atoms with E-state index in [2.05, 4.69) is 0 Å². The summed E-state index contributed by atoms with van der Waals surface area (Å²) in [6.07, 6.45) is -2.07. The number of hydrogen-bond acceptors (Lipinski definition) is 3. The second kappa shape index (κ2) is 5.00. The molecule has 2 N–H and O–H groups in total. The number of benzene rings is 1. The number of alkyl halides is 3. The van der Waals surface area contributed by atoms with Gasteiger partial charge >= 0.3 is 6.18 Å². The average Bonchev–Trinajstić information content (AvgIpc) is 3.14. The molecule has 1 saturated carbocycles. The molecule has 1 fully saturated rings. The van der Waals surface area contributed by atoms with Gasteiger partial charge in [-0.25, -0.2) is 0 Å². The highest BCUT2D eigenvalue weighted by atomic mass is 19.4. The Bertz CT molecular complexity index is 501. The Kier molecular flexibility index (Phi) is 3.56. The third-order valence-corrected chi connectivity index (χ3v) is 3.12. The molecule has 1 aliphatic carbocycles. The van der Waals surface area contributed by atoms with E-state index in [0.29, 0.717) is 24.7 Å². The van der Waals surface area contributed by atoms with Crippen molar-refractivity contribution in [2.24, 2.45) is 0 Å². The molecule has 0 saturated heterocycles. The first-order valence-corrected chi connectivity index (χ1v) is 6.04. The zero-order valence-corrected chi connectivity index (χ0v) is 10.2. The second-order valence-electron chi connectivity index (χ2n) is 4.60. The molecule has 1 aliphatic rings. The summed E-state index contributed by atoms with van der Waals surface area (Å²) in [5.41, 5.74) is 5.69. The maximum Gasteiger partial charge on any atom is 0.416 e. The van der Waals surface area contributed by atoms with Crippen LogP contribution in [0.25, 0.3) is 0 Å². The van der Waals surface area contributed by atoms with Crippen molar-refractivity contribution < 1.29 is 13.2 Å². The third-order valence-electron chi connectivity index (χ3n) is 3.12. The summed E-state index contributed by atoms with van der Waals surface area (Å²) in [5.74, 6) is 0. The first-order chi connectivity index (χ1) is 8.93. The van der Waals surface area contributed by atoms with Crippen LogP contribution >= 0.6 is 0 Å². The van der Waals surface area contributed by atoms with Crippen LogP contribution < -0.4 is 10.6 Å².